The highest BCUT2D eigenvalue weighted by atomic mass is 16.5. The molecule has 27 heavy (non-hydrogen) atoms. The lowest BCUT2D eigenvalue weighted by atomic mass is 9.93. The van der Waals surface area contributed by atoms with Crippen molar-refractivity contribution in [1.82, 2.24) is 9.88 Å². The van der Waals surface area contributed by atoms with Gasteiger partial charge in [0.05, 0.1) is 11.6 Å². The Balaban J connectivity index is 1.99. The quantitative estimate of drug-likeness (QED) is 0.723. The molecule has 0 aromatic carbocycles. The first kappa shape index (κ1) is 21.9. The summed E-state index contributed by atoms with van der Waals surface area (Å²) in [5.74, 6) is 6.47. The maximum atomic E-state index is 10.7. The van der Waals surface area contributed by atoms with Gasteiger partial charge in [0.2, 0.25) is 0 Å². The van der Waals surface area contributed by atoms with Crippen LogP contribution in [0.4, 0.5) is 0 Å². The van der Waals surface area contributed by atoms with Gasteiger partial charge in [-0.3, -0.25) is 9.88 Å². The van der Waals surface area contributed by atoms with Gasteiger partial charge in [0.25, 0.3) is 0 Å². The van der Waals surface area contributed by atoms with Crippen molar-refractivity contribution in [3.63, 3.8) is 0 Å². The Morgan fingerprint density at radius 3 is 2.78 bits per heavy atom. The Bertz CT molecular complexity index is 631. The fourth-order valence-corrected chi connectivity index (χ4v) is 3.71. The van der Waals surface area contributed by atoms with Gasteiger partial charge in [-0.05, 0) is 78.0 Å². The van der Waals surface area contributed by atoms with E-state index in [1.54, 1.807) is 7.11 Å². The zero-order valence-electron chi connectivity index (χ0n) is 17.7. The average Bonchev–Trinajstić information content (AvgIpc) is 2.66. The lowest BCUT2D eigenvalue weighted by Crippen LogP contribution is -2.39. The van der Waals surface area contributed by atoms with Gasteiger partial charge in [0.15, 0.2) is 0 Å². The summed E-state index contributed by atoms with van der Waals surface area (Å²) in [7, 11) is 1.73. The Morgan fingerprint density at radius 2 is 2.11 bits per heavy atom. The molecule has 0 saturated carbocycles. The molecule has 0 radical (unpaired) electrons. The number of ether oxygens (including phenoxy) is 1. The Kier molecular flexibility index (Phi) is 7.85. The van der Waals surface area contributed by atoms with E-state index in [2.05, 4.69) is 48.6 Å². The van der Waals surface area contributed by atoms with Gasteiger partial charge in [0, 0.05) is 25.5 Å². The molecule has 0 bridgehead atoms. The zero-order valence-corrected chi connectivity index (χ0v) is 17.7. The number of likely N-dealkylation sites (tertiary alicyclic amines) is 1. The second-order valence-electron chi connectivity index (χ2n) is 8.57. The number of methoxy groups -OCH3 is 1. The van der Waals surface area contributed by atoms with Crippen molar-refractivity contribution in [2.75, 3.05) is 13.7 Å². The van der Waals surface area contributed by atoms with E-state index in [9.17, 15) is 5.11 Å². The largest absolute Gasteiger partial charge is 0.379 e. The molecule has 0 unspecified atom stereocenters. The molecular formula is C23H36N2O2. The number of hydrogen-bond donors (Lipinski definition) is 1. The first-order valence-electron chi connectivity index (χ1n) is 10.2. The monoisotopic (exact) mass is 372 g/mol. The van der Waals surface area contributed by atoms with E-state index in [0.717, 1.165) is 25.8 Å². The molecule has 4 nitrogen and oxygen atoms in total. The summed E-state index contributed by atoms with van der Waals surface area (Å²) >= 11 is 0. The van der Waals surface area contributed by atoms with Crippen LogP contribution in [0.15, 0.2) is 24.5 Å². The van der Waals surface area contributed by atoms with Gasteiger partial charge in [-0.25, -0.2) is 0 Å². The Hall–Kier alpha value is -1.41. The van der Waals surface area contributed by atoms with Crippen molar-refractivity contribution in [3.05, 3.63) is 30.1 Å². The maximum absolute atomic E-state index is 10.7. The minimum absolute atomic E-state index is 0.109. The maximum Gasteiger partial charge on any atom is 0.122 e. The highest BCUT2D eigenvalue weighted by molar-refractivity contribution is 5.20. The van der Waals surface area contributed by atoms with Crippen LogP contribution >= 0.6 is 0 Å². The Morgan fingerprint density at radius 1 is 1.33 bits per heavy atom. The molecule has 1 aliphatic heterocycles. The molecule has 2 heterocycles. The highest BCUT2D eigenvalue weighted by Crippen LogP contribution is 2.32. The van der Waals surface area contributed by atoms with E-state index in [1.165, 1.54) is 18.4 Å². The van der Waals surface area contributed by atoms with Crippen LogP contribution in [0.1, 0.15) is 77.8 Å². The van der Waals surface area contributed by atoms with Crippen molar-refractivity contribution in [2.24, 2.45) is 0 Å². The van der Waals surface area contributed by atoms with E-state index < -0.39 is 5.60 Å². The molecule has 1 aromatic heterocycles. The molecule has 0 aliphatic carbocycles. The normalized spacial score (nSPS) is 21.8. The van der Waals surface area contributed by atoms with Gasteiger partial charge in [0.1, 0.15) is 5.60 Å². The van der Waals surface area contributed by atoms with E-state index in [4.69, 9.17) is 4.74 Å². The van der Waals surface area contributed by atoms with Crippen molar-refractivity contribution in [2.45, 2.75) is 89.5 Å². The third-order valence-electron chi connectivity index (χ3n) is 5.66. The Labute approximate surface area is 165 Å². The van der Waals surface area contributed by atoms with Crippen LogP contribution in [0, 0.1) is 11.8 Å². The molecule has 0 spiro atoms. The predicted octanol–water partition coefficient (Wildman–Crippen LogP) is 4.35. The summed E-state index contributed by atoms with van der Waals surface area (Å²) in [5, 5.41) is 10.7. The number of aromatic nitrogens is 1. The van der Waals surface area contributed by atoms with Crippen molar-refractivity contribution < 1.29 is 9.84 Å². The van der Waals surface area contributed by atoms with E-state index >= 15 is 0 Å². The average molecular weight is 373 g/mol. The number of piperidine rings is 1. The number of nitrogens with zero attached hydrogens (tertiary/aromatic N) is 2. The molecule has 1 aliphatic rings. The van der Waals surface area contributed by atoms with Gasteiger partial charge < -0.3 is 9.84 Å². The molecule has 1 fully saturated rings. The fourth-order valence-electron chi connectivity index (χ4n) is 3.71. The third kappa shape index (κ3) is 6.92. The lowest BCUT2D eigenvalue weighted by molar-refractivity contribution is 0.00830. The minimum atomic E-state index is -0.961. The van der Waals surface area contributed by atoms with Crippen molar-refractivity contribution in [1.29, 1.82) is 0 Å². The summed E-state index contributed by atoms with van der Waals surface area (Å²) in [5.41, 5.74) is 0.151. The highest BCUT2D eigenvalue weighted by Gasteiger charge is 2.27. The van der Waals surface area contributed by atoms with Crippen LogP contribution in [0.3, 0.4) is 0 Å². The van der Waals surface area contributed by atoms with E-state index in [-0.39, 0.29) is 11.6 Å². The minimum Gasteiger partial charge on any atom is -0.379 e. The van der Waals surface area contributed by atoms with E-state index in [0.29, 0.717) is 12.5 Å². The van der Waals surface area contributed by atoms with Gasteiger partial charge in [-0.15, -0.1) is 0 Å². The molecule has 1 saturated heterocycles. The molecule has 1 N–H and O–H groups in total. The summed E-state index contributed by atoms with van der Waals surface area (Å²) in [4.78, 5) is 6.74. The topological polar surface area (TPSA) is 45.6 Å². The zero-order chi connectivity index (χ0) is 19.9. The first-order chi connectivity index (χ1) is 12.7. The standard InChI is InChI=1S/C23H36N2O2/c1-19(12-15-23(4,26)14-9-13-22(2,3)27-5)25-17-7-6-11-21(25)20-10-8-16-24-18-20/h8,10,16,18-19,21,26H,6-7,9,11,13-14,17H2,1-5H3/t19-,21-,23-/m1/s1. The summed E-state index contributed by atoms with van der Waals surface area (Å²) in [6.07, 6.45) is 9.82. The van der Waals surface area contributed by atoms with Crippen LogP contribution in [-0.2, 0) is 4.74 Å². The number of rotatable bonds is 7. The fraction of sp³-hybridized carbons (Fsp3) is 0.696. The van der Waals surface area contributed by atoms with Crippen molar-refractivity contribution >= 4 is 0 Å². The van der Waals surface area contributed by atoms with Crippen molar-refractivity contribution in [3.8, 4) is 11.8 Å². The smallest absolute Gasteiger partial charge is 0.122 e. The number of hydrogen-bond acceptors (Lipinski definition) is 4. The second kappa shape index (κ2) is 9.68. The summed E-state index contributed by atoms with van der Waals surface area (Å²) in [6, 6.07) is 4.64. The third-order valence-corrected chi connectivity index (χ3v) is 5.66. The first-order valence-corrected chi connectivity index (χ1v) is 10.2. The van der Waals surface area contributed by atoms with Crippen LogP contribution in [0.25, 0.3) is 0 Å². The number of pyridine rings is 1. The molecule has 150 valence electrons. The van der Waals surface area contributed by atoms with Crippen LogP contribution in [0.2, 0.25) is 0 Å². The SMILES string of the molecule is COC(C)(C)CCC[C@@](C)(O)C#C[C@@H](C)N1CCCC[C@@H]1c1cccnc1. The predicted molar refractivity (Wildman–Crippen MR) is 110 cm³/mol. The molecule has 4 heteroatoms. The molecule has 3 atom stereocenters. The number of aliphatic hydroxyl groups is 1. The second-order valence-corrected chi connectivity index (χ2v) is 8.57. The summed E-state index contributed by atoms with van der Waals surface area (Å²) < 4.78 is 5.45. The van der Waals surface area contributed by atoms with E-state index in [1.807, 2.05) is 25.4 Å². The van der Waals surface area contributed by atoms with Gasteiger partial charge in [-0.2, -0.15) is 0 Å². The van der Waals surface area contributed by atoms with Crippen LogP contribution in [0.5, 0.6) is 0 Å². The molecular weight excluding hydrogens is 336 g/mol. The van der Waals surface area contributed by atoms with Gasteiger partial charge in [-0.1, -0.05) is 24.3 Å². The van der Waals surface area contributed by atoms with Gasteiger partial charge >= 0.3 is 0 Å². The molecule has 1 aromatic rings. The van der Waals surface area contributed by atoms with Crippen LogP contribution < -0.4 is 0 Å². The lowest BCUT2D eigenvalue weighted by Gasteiger charge is -2.38. The molecule has 2 rings (SSSR count). The molecule has 0 amide bonds. The van der Waals surface area contributed by atoms with Crippen LogP contribution in [-0.4, -0.2) is 45.9 Å². The summed E-state index contributed by atoms with van der Waals surface area (Å²) in [6.45, 7) is 9.15.